The molecule has 0 saturated heterocycles. The fraction of sp³-hybridized carbons (Fsp3) is 0.500. The van der Waals surface area contributed by atoms with Gasteiger partial charge in [0.1, 0.15) is 0 Å². The van der Waals surface area contributed by atoms with Gasteiger partial charge in [0.15, 0.2) is 6.29 Å². The first-order chi connectivity index (χ1) is 8.95. The first-order valence-corrected chi connectivity index (χ1v) is 6.76. The molecule has 4 nitrogen and oxygen atoms in total. The number of carbonyl (C=O) groups excluding carboxylic acids is 1. The second kappa shape index (κ2) is 7.48. The Morgan fingerprint density at radius 3 is 2.32 bits per heavy atom. The fourth-order valence-corrected chi connectivity index (χ4v) is 2.00. The van der Waals surface area contributed by atoms with Crippen LogP contribution in [0.3, 0.4) is 0 Å². The van der Waals surface area contributed by atoms with Crippen molar-refractivity contribution in [1.29, 1.82) is 0 Å². The zero-order valence-electron chi connectivity index (χ0n) is 11.2. The van der Waals surface area contributed by atoms with E-state index in [9.17, 15) is 4.79 Å². The van der Waals surface area contributed by atoms with Gasteiger partial charge in [0.25, 0.3) is 0 Å². The number of nitrogens with zero attached hydrogens (tertiary/aromatic N) is 1. The summed E-state index contributed by atoms with van der Waals surface area (Å²) in [4.78, 5) is 14.0. The van der Waals surface area contributed by atoms with Crippen molar-refractivity contribution in [2.45, 2.75) is 33.0 Å². The zero-order chi connectivity index (χ0) is 14.4. The van der Waals surface area contributed by atoms with Crippen LogP contribution in [0.25, 0.3) is 0 Å². The van der Waals surface area contributed by atoms with E-state index in [1.165, 1.54) is 0 Å². The van der Waals surface area contributed by atoms with Crippen molar-refractivity contribution in [3.8, 4) is 0 Å². The molecule has 1 unspecified atom stereocenters. The Labute approximate surface area is 118 Å². The van der Waals surface area contributed by atoms with Crippen molar-refractivity contribution in [3.05, 3.63) is 29.3 Å². The quantitative estimate of drug-likeness (QED) is 0.789. The van der Waals surface area contributed by atoms with E-state index in [0.29, 0.717) is 18.0 Å². The average Bonchev–Trinajstić information content (AvgIpc) is 2.38. The molecule has 1 rings (SSSR count). The molecule has 0 radical (unpaired) electrons. The number of carbonyl (C=O) groups is 1. The Morgan fingerprint density at radius 1 is 1.26 bits per heavy atom. The molecule has 5 heteroatoms. The number of halogens is 1. The predicted octanol–water partition coefficient (Wildman–Crippen LogP) is 2.42. The van der Waals surface area contributed by atoms with Gasteiger partial charge in [-0.1, -0.05) is 18.5 Å². The monoisotopic (exact) mass is 285 g/mol. The molecule has 1 aromatic carbocycles. The van der Waals surface area contributed by atoms with Crippen LogP contribution >= 0.6 is 11.6 Å². The van der Waals surface area contributed by atoms with Crippen LogP contribution in [0.15, 0.2) is 24.3 Å². The summed E-state index contributed by atoms with van der Waals surface area (Å²) in [5.41, 5.74) is 0.799. The average molecular weight is 286 g/mol. The SMILES string of the molecule is CCN(C(=O)C(C)CCC(O)O)c1ccc(Cl)cc1. The van der Waals surface area contributed by atoms with Crippen LogP contribution in [0.1, 0.15) is 26.7 Å². The Kier molecular flexibility index (Phi) is 6.28. The van der Waals surface area contributed by atoms with E-state index in [-0.39, 0.29) is 18.2 Å². The summed E-state index contributed by atoms with van der Waals surface area (Å²) in [7, 11) is 0. The molecule has 1 atom stereocenters. The molecule has 0 aliphatic carbocycles. The third kappa shape index (κ3) is 4.82. The number of aliphatic hydroxyl groups is 2. The van der Waals surface area contributed by atoms with Crippen molar-refractivity contribution >= 4 is 23.2 Å². The van der Waals surface area contributed by atoms with Gasteiger partial charge in [0, 0.05) is 23.2 Å². The topological polar surface area (TPSA) is 60.8 Å². The minimum Gasteiger partial charge on any atom is -0.368 e. The summed E-state index contributed by atoms with van der Waals surface area (Å²) >= 11 is 5.83. The summed E-state index contributed by atoms with van der Waals surface area (Å²) in [5, 5.41) is 18.3. The van der Waals surface area contributed by atoms with Gasteiger partial charge < -0.3 is 15.1 Å². The minimum absolute atomic E-state index is 0.0227. The second-order valence-corrected chi connectivity index (χ2v) is 4.95. The van der Waals surface area contributed by atoms with Crippen LogP contribution in [0.5, 0.6) is 0 Å². The Bertz CT molecular complexity index is 406. The summed E-state index contributed by atoms with van der Waals surface area (Å²) in [6.07, 6.45) is -0.716. The number of rotatable bonds is 6. The molecule has 0 saturated carbocycles. The van der Waals surface area contributed by atoms with Crippen LogP contribution in [-0.2, 0) is 4.79 Å². The van der Waals surface area contributed by atoms with Crippen LogP contribution in [0.2, 0.25) is 5.02 Å². The lowest BCUT2D eigenvalue weighted by atomic mass is 10.0. The normalized spacial score (nSPS) is 12.5. The molecule has 106 valence electrons. The maximum Gasteiger partial charge on any atom is 0.229 e. The highest BCUT2D eigenvalue weighted by Crippen LogP contribution is 2.21. The lowest BCUT2D eigenvalue weighted by molar-refractivity contribution is -0.122. The molecule has 0 spiro atoms. The first kappa shape index (κ1) is 16.0. The Hall–Kier alpha value is -1.10. The van der Waals surface area contributed by atoms with Gasteiger partial charge >= 0.3 is 0 Å². The molecular weight excluding hydrogens is 266 g/mol. The zero-order valence-corrected chi connectivity index (χ0v) is 12.0. The summed E-state index contributed by atoms with van der Waals surface area (Å²) in [6.45, 7) is 4.26. The maximum atomic E-state index is 12.3. The number of amides is 1. The van der Waals surface area contributed by atoms with Crippen LogP contribution in [0.4, 0.5) is 5.69 Å². The Balaban J connectivity index is 2.73. The van der Waals surface area contributed by atoms with Gasteiger partial charge in [0.05, 0.1) is 0 Å². The largest absolute Gasteiger partial charge is 0.368 e. The summed E-state index contributed by atoms with van der Waals surface area (Å²) in [5.74, 6) is -0.275. The lowest BCUT2D eigenvalue weighted by Gasteiger charge is -2.24. The molecule has 0 heterocycles. The van der Waals surface area contributed by atoms with E-state index in [1.807, 2.05) is 6.92 Å². The molecule has 0 bridgehead atoms. The van der Waals surface area contributed by atoms with Crippen molar-refractivity contribution in [3.63, 3.8) is 0 Å². The van der Waals surface area contributed by atoms with Gasteiger partial charge in [-0.15, -0.1) is 0 Å². The van der Waals surface area contributed by atoms with Crippen molar-refractivity contribution in [1.82, 2.24) is 0 Å². The van der Waals surface area contributed by atoms with Gasteiger partial charge in [0.2, 0.25) is 5.91 Å². The predicted molar refractivity (Wildman–Crippen MR) is 76.1 cm³/mol. The van der Waals surface area contributed by atoms with Crippen LogP contribution < -0.4 is 4.90 Å². The fourth-order valence-electron chi connectivity index (χ4n) is 1.88. The lowest BCUT2D eigenvalue weighted by Crippen LogP contribution is -2.35. The van der Waals surface area contributed by atoms with E-state index in [4.69, 9.17) is 21.8 Å². The maximum absolute atomic E-state index is 12.3. The third-order valence-corrected chi connectivity index (χ3v) is 3.25. The molecule has 1 amide bonds. The van der Waals surface area contributed by atoms with E-state index in [0.717, 1.165) is 5.69 Å². The molecule has 0 aromatic heterocycles. The highest BCUT2D eigenvalue weighted by atomic mass is 35.5. The molecule has 0 fully saturated rings. The number of hydrogen-bond acceptors (Lipinski definition) is 3. The van der Waals surface area contributed by atoms with Crippen molar-refractivity contribution < 1.29 is 15.0 Å². The first-order valence-electron chi connectivity index (χ1n) is 6.38. The highest BCUT2D eigenvalue weighted by Gasteiger charge is 2.21. The van der Waals surface area contributed by atoms with E-state index in [1.54, 1.807) is 36.1 Å². The molecule has 0 aliphatic heterocycles. The highest BCUT2D eigenvalue weighted by molar-refractivity contribution is 6.30. The summed E-state index contributed by atoms with van der Waals surface area (Å²) < 4.78 is 0. The van der Waals surface area contributed by atoms with E-state index in [2.05, 4.69) is 0 Å². The molecule has 0 aliphatic rings. The molecule has 2 N–H and O–H groups in total. The number of aliphatic hydroxyl groups excluding tert-OH is 1. The third-order valence-electron chi connectivity index (χ3n) is 3.00. The summed E-state index contributed by atoms with van der Waals surface area (Å²) in [6, 6.07) is 7.10. The standard InChI is InChI=1S/C14H20ClNO3/c1-3-16(12-7-5-11(15)6-8-12)14(19)10(2)4-9-13(17)18/h5-8,10,13,17-18H,3-4,9H2,1-2H3. The van der Waals surface area contributed by atoms with Gasteiger partial charge in [-0.05, 0) is 44.0 Å². The van der Waals surface area contributed by atoms with E-state index >= 15 is 0 Å². The number of hydrogen-bond donors (Lipinski definition) is 2. The van der Waals surface area contributed by atoms with Crippen LogP contribution in [0, 0.1) is 5.92 Å². The van der Waals surface area contributed by atoms with Gasteiger partial charge in [-0.25, -0.2) is 0 Å². The van der Waals surface area contributed by atoms with Crippen molar-refractivity contribution in [2.75, 3.05) is 11.4 Å². The molecule has 19 heavy (non-hydrogen) atoms. The van der Waals surface area contributed by atoms with Gasteiger partial charge in [-0.2, -0.15) is 0 Å². The Morgan fingerprint density at radius 2 is 1.84 bits per heavy atom. The number of anilines is 1. The second-order valence-electron chi connectivity index (χ2n) is 4.52. The molecular formula is C14H20ClNO3. The number of benzene rings is 1. The smallest absolute Gasteiger partial charge is 0.229 e. The molecule has 1 aromatic rings. The van der Waals surface area contributed by atoms with Crippen molar-refractivity contribution in [2.24, 2.45) is 5.92 Å². The van der Waals surface area contributed by atoms with Gasteiger partial charge in [-0.3, -0.25) is 4.79 Å². The van der Waals surface area contributed by atoms with Crippen LogP contribution in [-0.4, -0.2) is 29.0 Å². The van der Waals surface area contributed by atoms with E-state index < -0.39 is 6.29 Å². The minimum atomic E-state index is -1.36.